The summed E-state index contributed by atoms with van der Waals surface area (Å²) in [5.74, 6) is -0.324. The molecule has 0 aromatic carbocycles. The number of carbonyl (C=O) groups excluding carboxylic acids is 1. The predicted octanol–water partition coefficient (Wildman–Crippen LogP) is -2.84. The van der Waals surface area contributed by atoms with Gasteiger partial charge in [0.1, 0.15) is 6.61 Å². The van der Waals surface area contributed by atoms with E-state index in [1.165, 1.54) is 7.11 Å². The van der Waals surface area contributed by atoms with Crippen molar-refractivity contribution in [2.75, 3.05) is 52.9 Å². The molecule has 0 bridgehead atoms. The number of hydrogen-bond donors (Lipinski definition) is 7. The van der Waals surface area contributed by atoms with Gasteiger partial charge in [-0.15, -0.1) is 0 Å². The van der Waals surface area contributed by atoms with Gasteiger partial charge in [-0.2, -0.15) is 0 Å². The first-order chi connectivity index (χ1) is 13.7. The number of ether oxygens (including phenoxy) is 2. The van der Waals surface area contributed by atoms with Crippen LogP contribution in [-0.4, -0.2) is 114 Å². The van der Waals surface area contributed by atoms with Gasteiger partial charge < -0.3 is 50.0 Å². The molecule has 7 N–H and O–H groups in total. The molecule has 1 rings (SSSR count). The molecule has 12 nitrogen and oxygen atoms in total. The summed E-state index contributed by atoms with van der Waals surface area (Å²) in [5, 5.41) is 44.1. The number of rotatable bonds is 15. The standard InChI is InChI=1S/C16H33N2O10P/c1-26-5-6-27-9-14(21)17-3-2-4-28-29(24,25)10-11(20)7-12-15(22)16(23)13(8-19)18-12/h11-13,15-16,18-20,22-23H,2-10H2,1H3,(H,17,21)(H,24,25)/t11-,12-,13-,15-,16-/m1/s1. The van der Waals surface area contributed by atoms with Crippen LogP contribution in [0.1, 0.15) is 12.8 Å². The van der Waals surface area contributed by atoms with Crippen LogP contribution < -0.4 is 10.6 Å². The van der Waals surface area contributed by atoms with Gasteiger partial charge in [0.2, 0.25) is 5.91 Å². The molecule has 1 amide bonds. The number of carbonyl (C=O) groups is 1. The molecule has 1 aliphatic rings. The summed E-state index contributed by atoms with van der Waals surface area (Å²) in [7, 11) is -2.55. The normalized spacial score (nSPS) is 27.5. The van der Waals surface area contributed by atoms with Crippen molar-refractivity contribution in [2.24, 2.45) is 0 Å². The highest BCUT2D eigenvalue weighted by Gasteiger charge is 2.41. The van der Waals surface area contributed by atoms with Gasteiger partial charge in [0.25, 0.3) is 0 Å². The summed E-state index contributed by atoms with van der Waals surface area (Å²) >= 11 is 0. The van der Waals surface area contributed by atoms with E-state index in [0.717, 1.165) is 0 Å². The third-order valence-corrected chi connectivity index (χ3v) is 5.84. The zero-order chi connectivity index (χ0) is 21.9. The summed E-state index contributed by atoms with van der Waals surface area (Å²) in [5.41, 5.74) is 0. The summed E-state index contributed by atoms with van der Waals surface area (Å²) in [6.07, 6.45) is -4.00. The van der Waals surface area contributed by atoms with E-state index in [-0.39, 0.29) is 45.1 Å². The average Bonchev–Trinajstić information content (AvgIpc) is 2.92. The summed E-state index contributed by atoms with van der Waals surface area (Å²) in [6.45, 7) is 0.325. The lowest BCUT2D eigenvalue weighted by Gasteiger charge is -2.21. The van der Waals surface area contributed by atoms with Crippen LogP contribution in [0, 0.1) is 0 Å². The van der Waals surface area contributed by atoms with E-state index in [4.69, 9.17) is 19.1 Å². The van der Waals surface area contributed by atoms with Crippen molar-refractivity contribution in [1.29, 1.82) is 0 Å². The Labute approximate surface area is 169 Å². The van der Waals surface area contributed by atoms with E-state index in [9.17, 15) is 29.6 Å². The molecule has 0 saturated carbocycles. The number of nitrogens with one attached hydrogen (secondary N) is 2. The van der Waals surface area contributed by atoms with Crippen LogP contribution in [0.2, 0.25) is 0 Å². The lowest BCUT2D eigenvalue weighted by atomic mass is 10.0. The van der Waals surface area contributed by atoms with Gasteiger partial charge in [0.05, 0.1) is 56.9 Å². The van der Waals surface area contributed by atoms with Gasteiger partial charge in [-0.05, 0) is 12.8 Å². The Hall–Kier alpha value is -0.660. The van der Waals surface area contributed by atoms with Crippen LogP contribution in [0.15, 0.2) is 0 Å². The highest BCUT2D eigenvalue weighted by Crippen LogP contribution is 2.43. The summed E-state index contributed by atoms with van der Waals surface area (Å²) in [6, 6.07) is -1.45. The number of aliphatic hydroxyl groups is 4. The molecule has 172 valence electrons. The lowest BCUT2D eigenvalue weighted by molar-refractivity contribution is -0.126. The maximum Gasteiger partial charge on any atom is 0.330 e. The summed E-state index contributed by atoms with van der Waals surface area (Å²) < 4.78 is 26.8. The zero-order valence-corrected chi connectivity index (χ0v) is 17.4. The second-order valence-electron chi connectivity index (χ2n) is 6.84. The van der Waals surface area contributed by atoms with E-state index >= 15 is 0 Å². The first kappa shape index (κ1) is 26.4. The molecule has 0 aliphatic carbocycles. The van der Waals surface area contributed by atoms with Crippen LogP contribution in [0.4, 0.5) is 0 Å². The molecule has 1 heterocycles. The van der Waals surface area contributed by atoms with Gasteiger partial charge in [0, 0.05) is 19.7 Å². The third-order valence-electron chi connectivity index (χ3n) is 4.37. The third kappa shape index (κ3) is 10.3. The van der Waals surface area contributed by atoms with E-state index in [1.807, 2.05) is 0 Å². The van der Waals surface area contributed by atoms with Gasteiger partial charge in [-0.3, -0.25) is 9.36 Å². The Bertz CT molecular complexity index is 526. The number of aliphatic hydroxyl groups excluding tert-OH is 4. The van der Waals surface area contributed by atoms with Crippen LogP contribution in [0.25, 0.3) is 0 Å². The molecule has 1 saturated heterocycles. The molecule has 0 radical (unpaired) electrons. The first-order valence-corrected chi connectivity index (χ1v) is 11.2. The minimum absolute atomic E-state index is 0.0955. The fourth-order valence-corrected chi connectivity index (χ4v) is 4.07. The highest BCUT2D eigenvalue weighted by molar-refractivity contribution is 7.52. The van der Waals surface area contributed by atoms with Crippen LogP contribution in [0.5, 0.6) is 0 Å². The molecule has 1 aliphatic heterocycles. The maximum absolute atomic E-state index is 12.0. The molecular formula is C16H33N2O10P. The average molecular weight is 444 g/mol. The van der Waals surface area contributed by atoms with Crippen LogP contribution in [-0.2, 0) is 23.4 Å². The minimum Gasteiger partial charge on any atom is -0.395 e. The van der Waals surface area contributed by atoms with Crippen molar-refractivity contribution in [3.05, 3.63) is 0 Å². The molecule has 0 aromatic rings. The minimum atomic E-state index is -4.07. The van der Waals surface area contributed by atoms with E-state index in [0.29, 0.717) is 13.2 Å². The fourth-order valence-electron chi connectivity index (χ4n) is 2.87. The molecule has 6 atom stereocenters. The Morgan fingerprint density at radius 2 is 1.90 bits per heavy atom. The van der Waals surface area contributed by atoms with Gasteiger partial charge >= 0.3 is 7.60 Å². The van der Waals surface area contributed by atoms with E-state index < -0.39 is 44.2 Å². The van der Waals surface area contributed by atoms with Gasteiger partial charge in [0.15, 0.2) is 0 Å². The molecule has 13 heteroatoms. The van der Waals surface area contributed by atoms with Gasteiger partial charge in [-0.25, -0.2) is 0 Å². The fraction of sp³-hybridized carbons (Fsp3) is 0.938. The van der Waals surface area contributed by atoms with Crippen molar-refractivity contribution in [2.45, 2.75) is 43.2 Å². The quantitative estimate of drug-likeness (QED) is 0.102. The van der Waals surface area contributed by atoms with Crippen LogP contribution >= 0.6 is 7.60 Å². The molecule has 29 heavy (non-hydrogen) atoms. The monoisotopic (exact) mass is 444 g/mol. The Morgan fingerprint density at radius 1 is 1.21 bits per heavy atom. The predicted molar refractivity (Wildman–Crippen MR) is 101 cm³/mol. The largest absolute Gasteiger partial charge is 0.395 e. The van der Waals surface area contributed by atoms with Crippen molar-refractivity contribution in [3.8, 4) is 0 Å². The molecule has 1 unspecified atom stereocenters. The molecule has 1 fully saturated rings. The molecule has 0 spiro atoms. The smallest absolute Gasteiger partial charge is 0.330 e. The zero-order valence-electron chi connectivity index (χ0n) is 16.5. The SMILES string of the molecule is COCCOCC(=O)NCCCOP(=O)(O)C[C@H](O)C[C@H]1N[C@H](CO)[C@@H](O)[C@@H]1O. The second kappa shape index (κ2) is 13.6. The summed E-state index contributed by atoms with van der Waals surface area (Å²) in [4.78, 5) is 21.3. The molecule has 0 aromatic heterocycles. The van der Waals surface area contributed by atoms with Crippen molar-refractivity contribution in [3.63, 3.8) is 0 Å². The first-order valence-electron chi connectivity index (χ1n) is 9.41. The Kier molecular flexibility index (Phi) is 12.4. The van der Waals surface area contributed by atoms with Crippen molar-refractivity contribution < 1.29 is 48.7 Å². The lowest BCUT2D eigenvalue weighted by Crippen LogP contribution is -2.38. The van der Waals surface area contributed by atoms with Gasteiger partial charge in [-0.1, -0.05) is 0 Å². The molecular weight excluding hydrogens is 411 g/mol. The van der Waals surface area contributed by atoms with E-state index in [2.05, 4.69) is 10.6 Å². The number of amides is 1. The van der Waals surface area contributed by atoms with E-state index in [1.54, 1.807) is 0 Å². The second-order valence-corrected chi connectivity index (χ2v) is 8.73. The number of hydrogen-bond acceptors (Lipinski definition) is 10. The Balaban J connectivity index is 2.20. The van der Waals surface area contributed by atoms with Crippen molar-refractivity contribution in [1.82, 2.24) is 10.6 Å². The highest BCUT2D eigenvalue weighted by atomic mass is 31.2. The Morgan fingerprint density at radius 3 is 2.52 bits per heavy atom. The van der Waals surface area contributed by atoms with Crippen molar-refractivity contribution >= 4 is 13.5 Å². The topological polar surface area (TPSA) is 187 Å². The number of methoxy groups -OCH3 is 1. The van der Waals surface area contributed by atoms with Crippen LogP contribution in [0.3, 0.4) is 0 Å². The maximum atomic E-state index is 12.0.